The van der Waals surface area contributed by atoms with E-state index in [-0.39, 0.29) is 5.13 Å². The van der Waals surface area contributed by atoms with Crippen LogP contribution < -0.4 is 5.73 Å². The predicted molar refractivity (Wildman–Crippen MR) is 42.4 cm³/mol. The van der Waals surface area contributed by atoms with Crippen LogP contribution in [0.3, 0.4) is 0 Å². The molecule has 0 aliphatic heterocycles. The van der Waals surface area contributed by atoms with Crippen molar-refractivity contribution in [2.75, 3.05) is 12.8 Å². The molecule has 1 rings (SSSR count). The van der Waals surface area contributed by atoms with E-state index in [2.05, 4.69) is 9.72 Å². The molecule has 2 N–H and O–H groups in total. The summed E-state index contributed by atoms with van der Waals surface area (Å²) in [6.45, 7) is 0. The van der Waals surface area contributed by atoms with Crippen molar-refractivity contribution in [1.29, 1.82) is 0 Å². The minimum atomic E-state index is -3.72. The molecule has 1 aromatic heterocycles. The van der Waals surface area contributed by atoms with Gasteiger partial charge in [-0.15, -0.1) is 11.3 Å². The summed E-state index contributed by atoms with van der Waals surface area (Å²) in [6.07, 6.45) is 0. The van der Waals surface area contributed by atoms with Crippen molar-refractivity contribution in [2.24, 2.45) is 0 Å². The van der Waals surface area contributed by atoms with Crippen LogP contribution >= 0.6 is 11.3 Å². The molecule has 4 nitrogen and oxygen atoms in total. The first kappa shape index (κ1) is 9.85. The van der Waals surface area contributed by atoms with Crippen LogP contribution in [0.2, 0.25) is 0 Å². The second kappa shape index (κ2) is 3.25. The van der Waals surface area contributed by atoms with Crippen molar-refractivity contribution in [1.82, 2.24) is 4.98 Å². The van der Waals surface area contributed by atoms with Crippen LogP contribution in [0, 0.1) is 0 Å². The first-order valence-electron chi connectivity index (χ1n) is 3.16. The Morgan fingerprint density at radius 1 is 1.77 bits per heavy atom. The van der Waals surface area contributed by atoms with E-state index in [0.29, 0.717) is 0 Å². The van der Waals surface area contributed by atoms with E-state index in [1.165, 1.54) is 0 Å². The van der Waals surface area contributed by atoms with Gasteiger partial charge in [0.15, 0.2) is 5.13 Å². The zero-order valence-electron chi connectivity index (χ0n) is 6.58. The van der Waals surface area contributed by atoms with Gasteiger partial charge in [-0.2, -0.15) is 8.78 Å². The molecule has 0 amide bonds. The molecule has 72 valence electrons. The molecule has 0 spiro atoms. The van der Waals surface area contributed by atoms with Gasteiger partial charge in [-0.1, -0.05) is 0 Å². The Kier molecular flexibility index (Phi) is 2.46. The standard InChI is InChI=1S/C6H6F2N2O2S/c1-12-4(11)6(7,8)3-2-13-5(9)10-3/h2H,1H3,(H2,9,10). The fourth-order valence-corrected chi connectivity index (χ4v) is 1.25. The number of rotatable bonds is 2. The number of nitrogen functional groups attached to an aromatic ring is 1. The minimum absolute atomic E-state index is 0.0152. The van der Waals surface area contributed by atoms with E-state index in [4.69, 9.17) is 5.73 Å². The van der Waals surface area contributed by atoms with Gasteiger partial charge in [0.1, 0.15) is 5.69 Å². The molecule has 0 saturated heterocycles. The summed E-state index contributed by atoms with van der Waals surface area (Å²) in [4.78, 5) is 13.9. The lowest BCUT2D eigenvalue weighted by Crippen LogP contribution is -2.27. The molecule has 0 unspecified atom stereocenters. The molecule has 1 aromatic rings. The number of alkyl halides is 2. The van der Waals surface area contributed by atoms with Crippen molar-refractivity contribution < 1.29 is 18.3 Å². The van der Waals surface area contributed by atoms with Crippen LogP contribution in [-0.2, 0) is 15.5 Å². The zero-order chi connectivity index (χ0) is 10.1. The Balaban J connectivity index is 2.99. The number of nitrogens with zero attached hydrogens (tertiary/aromatic N) is 1. The zero-order valence-corrected chi connectivity index (χ0v) is 7.40. The van der Waals surface area contributed by atoms with Crippen LogP contribution in [0.25, 0.3) is 0 Å². The fourth-order valence-electron chi connectivity index (χ4n) is 0.665. The third kappa shape index (κ3) is 1.74. The molecule has 0 atom stereocenters. The fraction of sp³-hybridized carbons (Fsp3) is 0.333. The number of carbonyl (C=O) groups excluding carboxylic acids is 1. The number of methoxy groups -OCH3 is 1. The Morgan fingerprint density at radius 3 is 2.77 bits per heavy atom. The molecule has 7 heteroatoms. The van der Waals surface area contributed by atoms with E-state index in [9.17, 15) is 13.6 Å². The number of thiazole rings is 1. The van der Waals surface area contributed by atoms with Crippen molar-refractivity contribution in [3.8, 4) is 0 Å². The third-order valence-corrected chi connectivity index (χ3v) is 1.96. The van der Waals surface area contributed by atoms with Crippen molar-refractivity contribution in [3.05, 3.63) is 11.1 Å². The molecule has 0 radical (unpaired) electrons. The van der Waals surface area contributed by atoms with Gasteiger partial charge in [-0.3, -0.25) is 0 Å². The number of ether oxygens (including phenoxy) is 1. The summed E-state index contributed by atoms with van der Waals surface area (Å²) in [7, 11) is 0.881. The Labute approximate surface area is 76.3 Å². The highest BCUT2D eigenvalue weighted by molar-refractivity contribution is 7.13. The Hall–Kier alpha value is -1.24. The van der Waals surface area contributed by atoms with Gasteiger partial charge in [-0.25, -0.2) is 9.78 Å². The second-order valence-corrected chi connectivity index (χ2v) is 3.03. The molecule has 0 fully saturated rings. The average Bonchev–Trinajstić information content (AvgIpc) is 2.50. The maximum absolute atomic E-state index is 13.0. The maximum Gasteiger partial charge on any atom is 0.385 e. The van der Waals surface area contributed by atoms with E-state index in [1.807, 2.05) is 0 Å². The third-order valence-electron chi connectivity index (χ3n) is 1.29. The average molecular weight is 208 g/mol. The molecular weight excluding hydrogens is 202 g/mol. The van der Waals surface area contributed by atoms with Crippen LogP contribution in [0.15, 0.2) is 5.38 Å². The van der Waals surface area contributed by atoms with E-state index in [0.717, 1.165) is 23.8 Å². The summed E-state index contributed by atoms with van der Waals surface area (Å²) < 4.78 is 29.9. The SMILES string of the molecule is COC(=O)C(F)(F)c1csc(N)n1. The summed E-state index contributed by atoms with van der Waals surface area (Å²) in [5.74, 6) is -5.36. The normalized spacial score (nSPS) is 11.3. The quantitative estimate of drug-likeness (QED) is 0.736. The summed E-state index contributed by atoms with van der Waals surface area (Å²) in [5.41, 5.74) is 4.46. The molecule has 0 bridgehead atoms. The lowest BCUT2D eigenvalue weighted by Gasteiger charge is -2.09. The van der Waals surface area contributed by atoms with Crippen molar-refractivity contribution in [3.63, 3.8) is 0 Å². The highest BCUT2D eigenvalue weighted by Gasteiger charge is 2.44. The van der Waals surface area contributed by atoms with Crippen molar-refractivity contribution in [2.45, 2.75) is 5.92 Å². The first-order chi connectivity index (χ1) is 5.98. The second-order valence-electron chi connectivity index (χ2n) is 2.14. The number of esters is 1. The lowest BCUT2D eigenvalue weighted by molar-refractivity contribution is -0.170. The first-order valence-corrected chi connectivity index (χ1v) is 4.04. The Morgan fingerprint density at radius 2 is 2.38 bits per heavy atom. The topological polar surface area (TPSA) is 65.2 Å². The van der Waals surface area contributed by atoms with Crippen molar-refractivity contribution >= 4 is 22.4 Å². The molecule has 1 heterocycles. The van der Waals surface area contributed by atoms with Gasteiger partial charge >= 0.3 is 11.9 Å². The molecule has 0 aliphatic rings. The molecule has 0 aromatic carbocycles. The molecule has 13 heavy (non-hydrogen) atoms. The van der Waals surface area contributed by atoms with Crippen LogP contribution in [0.5, 0.6) is 0 Å². The smallest absolute Gasteiger partial charge is 0.385 e. The van der Waals surface area contributed by atoms with Crippen LogP contribution in [0.4, 0.5) is 13.9 Å². The van der Waals surface area contributed by atoms with Gasteiger partial charge < -0.3 is 10.5 Å². The molecular formula is C6H6F2N2O2S. The number of nitrogens with two attached hydrogens (primary N) is 1. The van der Waals surface area contributed by atoms with E-state index >= 15 is 0 Å². The number of carbonyl (C=O) groups is 1. The number of aromatic nitrogens is 1. The lowest BCUT2D eigenvalue weighted by atomic mass is 10.3. The summed E-state index contributed by atoms with van der Waals surface area (Å²) in [5, 5.41) is 1.00. The number of hydrogen-bond acceptors (Lipinski definition) is 5. The van der Waals surface area contributed by atoms with Gasteiger partial charge in [0, 0.05) is 5.38 Å². The van der Waals surface area contributed by atoms with Gasteiger partial charge in [-0.05, 0) is 0 Å². The monoisotopic (exact) mass is 208 g/mol. The summed E-state index contributed by atoms with van der Waals surface area (Å²) >= 11 is 0.838. The van der Waals surface area contributed by atoms with Gasteiger partial charge in [0.05, 0.1) is 7.11 Å². The number of halogens is 2. The van der Waals surface area contributed by atoms with Crippen LogP contribution in [0.1, 0.15) is 5.69 Å². The summed E-state index contributed by atoms with van der Waals surface area (Å²) in [6, 6.07) is 0. The van der Waals surface area contributed by atoms with Gasteiger partial charge in [0.2, 0.25) is 0 Å². The number of anilines is 1. The highest BCUT2D eigenvalue weighted by Crippen LogP contribution is 2.30. The predicted octanol–water partition coefficient (Wildman–Crippen LogP) is 0.990. The van der Waals surface area contributed by atoms with Gasteiger partial charge in [0.25, 0.3) is 0 Å². The maximum atomic E-state index is 13.0. The highest BCUT2D eigenvalue weighted by atomic mass is 32.1. The minimum Gasteiger partial charge on any atom is -0.464 e. The Bertz CT molecular complexity index is 326. The molecule has 0 saturated carbocycles. The largest absolute Gasteiger partial charge is 0.464 e. The number of hydrogen-bond donors (Lipinski definition) is 1. The van der Waals surface area contributed by atoms with E-state index in [1.54, 1.807) is 0 Å². The van der Waals surface area contributed by atoms with E-state index < -0.39 is 17.6 Å². The molecule has 0 aliphatic carbocycles. The van der Waals surface area contributed by atoms with Crippen LogP contribution in [-0.4, -0.2) is 18.1 Å².